The van der Waals surface area contributed by atoms with Crippen molar-refractivity contribution >= 4 is 5.97 Å². The van der Waals surface area contributed by atoms with E-state index >= 15 is 0 Å². The van der Waals surface area contributed by atoms with Crippen molar-refractivity contribution in [2.75, 3.05) is 0 Å². The molecule has 4 bridgehead atoms. The molecule has 1 aromatic rings. The standard InChI is InChI=1S/C18H21FO3/c19-15-3-1-12(2-4-15)10-22-16(20)17-6-13-5-14(7-17)9-18(21,8-13)11-17/h1-4,13-14,21H,5-11H2. The quantitative estimate of drug-likeness (QED) is 0.872. The molecule has 5 rings (SSSR count). The first kappa shape index (κ1) is 14.2. The predicted molar refractivity (Wildman–Crippen MR) is 78.3 cm³/mol. The molecule has 0 radical (unpaired) electrons. The van der Waals surface area contributed by atoms with Gasteiger partial charge in [0.15, 0.2) is 0 Å². The second kappa shape index (κ2) is 4.79. The molecule has 1 aromatic carbocycles. The molecule has 0 aromatic heterocycles. The van der Waals surface area contributed by atoms with Crippen molar-refractivity contribution in [1.29, 1.82) is 0 Å². The van der Waals surface area contributed by atoms with E-state index in [1.807, 2.05) is 0 Å². The zero-order valence-electron chi connectivity index (χ0n) is 12.6. The van der Waals surface area contributed by atoms with Crippen LogP contribution in [0.1, 0.15) is 44.1 Å². The number of carbonyl (C=O) groups is 1. The lowest BCUT2D eigenvalue weighted by Gasteiger charge is -2.58. The summed E-state index contributed by atoms with van der Waals surface area (Å²) in [5.74, 6) is 0.456. The first-order chi connectivity index (χ1) is 10.5. The zero-order chi connectivity index (χ0) is 15.4. The Balaban J connectivity index is 1.47. The van der Waals surface area contributed by atoms with Gasteiger partial charge in [0.1, 0.15) is 12.4 Å². The third-order valence-electron chi connectivity index (χ3n) is 5.75. The summed E-state index contributed by atoms with van der Waals surface area (Å²) in [6.07, 6.45) is 5.10. The molecular formula is C18H21FO3. The minimum Gasteiger partial charge on any atom is -0.460 e. The predicted octanol–water partition coefficient (Wildman–Crippen LogP) is 3.20. The van der Waals surface area contributed by atoms with E-state index in [-0.39, 0.29) is 18.4 Å². The highest BCUT2D eigenvalue weighted by Gasteiger charge is 2.60. The average Bonchev–Trinajstić information content (AvgIpc) is 2.43. The lowest BCUT2D eigenvalue weighted by atomic mass is 9.48. The van der Waals surface area contributed by atoms with Crippen LogP contribution in [0.3, 0.4) is 0 Å². The summed E-state index contributed by atoms with van der Waals surface area (Å²) < 4.78 is 18.4. The van der Waals surface area contributed by atoms with Crippen LogP contribution in [0.4, 0.5) is 4.39 Å². The van der Waals surface area contributed by atoms with Crippen LogP contribution in [-0.2, 0) is 16.1 Å². The van der Waals surface area contributed by atoms with E-state index in [0.717, 1.165) is 37.7 Å². The van der Waals surface area contributed by atoms with Gasteiger partial charge in [-0.2, -0.15) is 0 Å². The molecule has 118 valence electrons. The molecule has 4 fully saturated rings. The van der Waals surface area contributed by atoms with Gasteiger partial charge in [0.2, 0.25) is 0 Å². The summed E-state index contributed by atoms with van der Waals surface area (Å²) in [6, 6.07) is 6.01. The van der Waals surface area contributed by atoms with E-state index in [2.05, 4.69) is 0 Å². The summed E-state index contributed by atoms with van der Waals surface area (Å²) >= 11 is 0. The minimum atomic E-state index is -0.654. The van der Waals surface area contributed by atoms with E-state index in [1.54, 1.807) is 12.1 Å². The maximum Gasteiger partial charge on any atom is 0.312 e. The van der Waals surface area contributed by atoms with Gasteiger partial charge in [0, 0.05) is 0 Å². The summed E-state index contributed by atoms with van der Waals surface area (Å²) in [4.78, 5) is 12.7. The van der Waals surface area contributed by atoms with Crippen molar-refractivity contribution in [3.63, 3.8) is 0 Å². The number of halogens is 1. The first-order valence-electron chi connectivity index (χ1n) is 8.11. The lowest BCUT2D eigenvalue weighted by molar-refractivity contribution is -0.197. The molecule has 2 unspecified atom stereocenters. The van der Waals surface area contributed by atoms with Gasteiger partial charge >= 0.3 is 5.97 Å². The van der Waals surface area contributed by atoms with Crippen molar-refractivity contribution in [3.8, 4) is 0 Å². The summed E-state index contributed by atoms with van der Waals surface area (Å²) in [5, 5.41) is 10.7. The second-order valence-electron chi connectivity index (χ2n) is 7.67. The average molecular weight is 304 g/mol. The monoisotopic (exact) mass is 304 g/mol. The van der Waals surface area contributed by atoms with Crippen LogP contribution in [-0.4, -0.2) is 16.7 Å². The van der Waals surface area contributed by atoms with Crippen molar-refractivity contribution in [2.24, 2.45) is 17.3 Å². The van der Waals surface area contributed by atoms with Gasteiger partial charge in [0.05, 0.1) is 11.0 Å². The van der Waals surface area contributed by atoms with Gasteiger partial charge in [0.25, 0.3) is 0 Å². The molecule has 4 aliphatic rings. The molecule has 0 aliphatic heterocycles. The van der Waals surface area contributed by atoms with Crippen LogP contribution < -0.4 is 0 Å². The topological polar surface area (TPSA) is 46.5 Å². The number of benzene rings is 1. The number of esters is 1. The maximum atomic E-state index is 12.9. The minimum absolute atomic E-state index is 0.175. The maximum absolute atomic E-state index is 12.9. The van der Waals surface area contributed by atoms with Crippen molar-refractivity contribution < 1.29 is 19.0 Å². The first-order valence-corrected chi connectivity index (χ1v) is 8.11. The Morgan fingerprint density at radius 1 is 1.18 bits per heavy atom. The Hall–Kier alpha value is -1.42. The molecule has 4 aliphatic carbocycles. The molecule has 0 heterocycles. The van der Waals surface area contributed by atoms with Gasteiger partial charge < -0.3 is 9.84 Å². The van der Waals surface area contributed by atoms with Gasteiger partial charge in [-0.25, -0.2) is 4.39 Å². The van der Waals surface area contributed by atoms with Crippen LogP contribution in [0.25, 0.3) is 0 Å². The Morgan fingerprint density at radius 3 is 2.41 bits per heavy atom. The van der Waals surface area contributed by atoms with Crippen LogP contribution in [0.5, 0.6) is 0 Å². The van der Waals surface area contributed by atoms with E-state index in [0.29, 0.717) is 18.3 Å². The smallest absolute Gasteiger partial charge is 0.312 e. The van der Waals surface area contributed by atoms with Crippen molar-refractivity contribution in [3.05, 3.63) is 35.6 Å². The summed E-state index contributed by atoms with van der Waals surface area (Å²) in [6.45, 7) is 0.175. The van der Waals surface area contributed by atoms with Crippen molar-refractivity contribution in [2.45, 2.75) is 50.7 Å². The molecule has 2 atom stereocenters. The molecule has 1 N–H and O–H groups in total. The molecule has 0 amide bonds. The Kier molecular flexibility index (Phi) is 3.09. The van der Waals surface area contributed by atoms with E-state index in [9.17, 15) is 14.3 Å². The number of hydrogen-bond acceptors (Lipinski definition) is 3. The lowest BCUT2D eigenvalue weighted by Crippen LogP contribution is -2.58. The molecule has 4 saturated carbocycles. The summed E-state index contributed by atoms with van der Waals surface area (Å²) in [5.41, 5.74) is -0.351. The number of ether oxygens (including phenoxy) is 1. The van der Waals surface area contributed by atoms with Crippen molar-refractivity contribution in [1.82, 2.24) is 0 Å². The van der Waals surface area contributed by atoms with Crippen LogP contribution >= 0.6 is 0 Å². The highest BCUT2D eigenvalue weighted by molar-refractivity contribution is 5.77. The number of carbonyl (C=O) groups excluding carboxylic acids is 1. The van der Waals surface area contributed by atoms with E-state index in [1.165, 1.54) is 12.1 Å². The largest absolute Gasteiger partial charge is 0.460 e. The third-order valence-corrected chi connectivity index (χ3v) is 5.75. The zero-order valence-corrected chi connectivity index (χ0v) is 12.6. The van der Waals surface area contributed by atoms with Crippen LogP contribution in [0.15, 0.2) is 24.3 Å². The molecular weight excluding hydrogens is 283 g/mol. The van der Waals surface area contributed by atoms with Gasteiger partial charge in [-0.3, -0.25) is 4.79 Å². The normalized spacial score (nSPS) is 39.0. The fraction of sp³-hybridized carbons (Fsp3) is 0.611. The number of hydrogen-bond donors (Lipinski definition) is 1. The van der Waals surface area contributed by atoms with Crippen LogP contribution in [0, 0.1) is 23.1 Å². The van der Waals surface area contributed by atoms with Gasteiger partial charge in [-0.15, -0.1) is 0 Å². The molecule has 3 nitrogen and oxygen atoms in total. The highest BCUT2D eigenvalue weighted by atomic mass is 19.1. The molecule has 4 heteroatoms. The SMILES string of the molecule is O=C(OCc1ccc(F)cc1)C12CC3CC(CC(O)(C3)C1)C2. The fourth-order valence-electron chi connectivity index (χ4n) is 5.34. The Labute approximate surface area is 129 Å². The molecule has 0 spiro atoms. The summed E-state index contributed by atoms with van der Waals surface area (Å²) in [7, 11) is 0. The number of rotatable bonds is 3. The number of aliphatic hydroxyl groups is 1. The molecule has 0 saturated heterocycles. The third kappa shape index (κ3) is 2.34. The Morgan fingerprint density at radius 2 is 1.82 bits per heavy atom. The Bertz CT molecular complexity index is 581. The van der Waals surface area contributed by atoms with Gasteiger partial charge in [-0.05, 0) is 68.1 Å². The van der Waals surface area contributed by atoms with E-state index in [4.69, 9.17) is 4.74 Å². The van der Waals surface area contributed by atoms with Gasteiger partial charge in [-0.1, -0.05) is 12.1 Å². The van der Waals surface area contributed by atoms with Crippen LogP contribution in [0.2, 0.25) is 0 Å². The highest BCUT2D eigenvalue weighted by Crippen LogP contribution is 2.62. The van der Waals surface area contributed by atoms with E-state index < -0.39 is 11.0 Å². The molecule has 22 heavy (non-hydrogen) atoms. The fourth-order valence-corrected chi connectivity index (χ4v) is 5.34. The second-order valence-corrected chi connectivity index (χ2v) is 7.67.